The number of esters is 1. The third kappa shape index (κ3) is 8.95. The molecule has 1 atom stereocenters. The molecule has 130 valence electrons. The highest BCUT2D eigenvalue weighted by Crippen LogP contribution is 2.10. The van der Waals surface area contributed by atoms with E-state index in [1.165, 1.54) is 25.1 Å². The van der Waals surface area contributed by atoms with Crippen LogP contribution in [0, 0.1) is 0 Å². The highest BCUT2D eigenvalue weighted by molar-refractivity contribution is 6.02. The molecule has 0 heterocycles. The van der Waals surface area contributed by atoms with Gasteiger partial charge in [0, 0.05) is 12.2 Å². The first-order valence-electron chi connectivity index (χ1n) is 6.46. The minimum Gasteiger partial charge on any atom is -0.478 e. The molecule has 0 radical (unpaired) electrons. The molecule has 9 heteroatoms. The van der Waals surface area contributed by atoms with Crippen LogP contribution in [0.15, 0.2) is 36.4 Å². The molecule has 24 heavy (non-hydrogen) atoms. The van der Waals surface area contributed by atoms with Crippen LogP contribution in [0.25, 0.3) is 0 Å². The van der Waals surface area contributed by atoms with E-state index < -0.39 is 30.0 Å². The standard InChI is InChI=1S/C11H12O5.C4H4O4/c1-7(12)6-16-11(15)9-5-3-2-4-8(9)10(13)14;5-3(6)1-2-4(7)8/h2-5,7,12H,6H2,1H3,(H,13,14);1-2H,(H,5,6)(H,7,8)/b;2-1+. The number of benzene rings is 1. The summed E-state index contributed by atoms with van der Waals surface area (Å²) in [5.74, 6) is -4.46. The van der Waals surface area contributed by atoms with E-state index in [0.29, 0.717) is 12.2 Å². The zero-order chi connectivity index (χ0) is 18.7. The summed E-state index contributed by atoms with van der Waals surface area (Å²) in [7, 11) is 0. The SMILES string of the molecule is CC(O)COC(=O)c1ccccc1C(=O)O.O=C(O)/C=C/C(=O)O. The van der Waals surface area contributed by atoms with Crippen molar-refractivity contribution in [1.29, 1.82) is 0 Å². The summed E-state index contributed by atoms with van der Waals surface area (Å²) in [4.78, 5) is 41.4. The molecule has 1 unspecified atom stereocenters. The first-order valence-corrected chi connectivity index (χ1v) is 6.46. The van der Waals surface area contributed by atoms with Gasteiger partial charge in [0.05, 0.1) is 17.2 Å². The highest BCUT2D eigenvalue weighted by Gasteiger charge is 2.17. The van der Waals surface area contributed by atoms with E-state index in [0.717, 1.165) is 0 Å². The third-order valence-corrected chi connectivity index (χ3v) is 2.20. The maximum atomic E-state index is 11.5. The lowest BCUT2D eigenvalue weighted by molar-refractivity contribution is -0.134. The Morgan fingerprint density at radius 1 is 1.00 bits per heavy atom. The van der Waals surface area contributed by atoms with E-state index in [4.69, 9.17) is 25.2 Å². The second-order valence-electron chi connectivity index (χ2n) is 4.31. The van der Waals surface area contributed by atoms with E-state index >= 15 is 0 Å². The maximum absolute atomic E-state index is 11.5. The molecule has 9 nitrogen and oxygen atoms in total. The molecule has 1 aromatic carbocycles. The Balaban J connectivity index is 0.000000561. The number of carbonyl (C=O) groups is 4. The van der Waals surface area contributed by atoms with Gasteiger partial charge < -0.3 is 25.2 Å². The van der Waals surface area contributed by atoms with Crippen molar-refractivity contribution in [2.75, 3.05) is 6.61 Å². The zero-order valence-corrected chi connectivity index (χ0v) is 12.6. The zero-order valence-electron chi connectivity index (χ0n) is 12.6. The van der Waals surface area contributed by atoms with Crippen molar-refractivity contribution in [3.63, 3.8) is 0 Å². The average Bonchev–Trinajstić information content (AvgIpc) is 2.51. The second kappa shape index (κ2) is 10.5. The summed E-state index contributed by atoms with van der Waals surface area (Å²) in [5, 5.41) is 33.4. The van der Waals surface area contributed by atoms with Gasteiger partial charge in [-0.2, -0.15) is 0 Å². The molecule has 0 aromatic heterocycles. The normalized spacial score (nSPS) is 11.1. The van der Waals surface area contributed by atoms with Crippen LogP contribution in [-0.2, 0) is 14.3 Å². The summed E-state index contributed by atoms with van der Waals surface area (Å²) in [6, 6.07) is 5.76. The fraction of sp³-hybridized carbons (Fsp3) is 0.200. The molecule has 1 aromatic rings. The van der Waals surface area contributed by atoms with E-state index in [1.807, 2.05) is 0 Å². The lowest BCUT2D eigenvalue weighted by atomic mass is 10.1. The molecule has 4 N–H and O–H groups in total. The van der Waals surface area contributed by atoms with E-state index in [2.05, 4.69) is 0 Å². The Kier molecular flexibility index (Phi) is 9.11. The average molecular weight is 340 g/mol. The maximum Gasteiger partial charge on any atom is 0.339 e. The van der Waals surface area contributed by atoms with Crippen LogP contribution in [0.3, 0.4) is 0 Å². The number of carboxylic acids is 3. The Labute approximate surface area is 136 Å². The van der Waals surface area contributed by atoms with Gasteiger partial charge in [0.15, 0.2) is 0 Å². The number of aliphatic carboxylic acids is 2. The van der Waals surface area contributed by atoms with Crippen LogP contribution in [0.5, 0.6) is 0 Å². The van der Waals surface area contributed by atoms with Gasteiger partial charge in [-0.25, -0.2) is 19.2 Å². The molecule has 0 saturated carbocycles. The topological polar surface area (TPSA) is 158 Å². The van der Waals surface area contributed by atoms with Crippen molar-refractivity contribution in [1.82, 2.24) is 0 Å². The van der Waals surface area contributed by atoms with Crippen molar-refractivity contribution >= 4 is 23.9 Å². The van der Waals surface area contributed by atoms with Crippen LogP contribution in [-0.4, -0.2) is 57.0 Å². The van der Waals surface area contributed by atoms with Gasteiger partial charge in [-0.05, 0) is 19.1 Å². The fourth-order valence-electron chi connectivity index (χ4n) is 1.26. The van der Waals surface area contributed by atoms with Gasteiger partial charge in [0.1, 0.15) is 6.61 Å². The van der Waals surface area contributed by atoms with Crippen molar-refractivity contribution in [3.8, 4) is 0 Å². The largest absolute Gasteiger partial charge is 0.478 e. The number of hydrogen-bond acceptors (Lipinski definition) is 6. The van der Waals surface area contributed by atoms with Crippen molar-refractivity contribution in [2.24, 2.45) is 0 Å². The van der Waals surface area contributed by atoms with Gasteiger partial charge in [-0.15, -0.1) is 0 Å². The molecule has 0 aliphatic carbocycles. The number of hydrogen-bond donors (Lipinski definition) is 4. The van der Waals surface area contributed by atoms with Gasteiger partial charge in [0.2, 0.25) is 0 Å². The molecule has 0 aliphatic heterocycles. The van der Waals surface area contributed by atoms with E-state index in [-0.39, 0.29) is 17.7 Å². The van der Waals surface area contributed by atoms with E-state index in [9.17, 15) is 19.2 Å². The smallest absolute Gasteiger partial charge is 0.339 e. The van der Waals surface area contributed by atoms with Gasteiger partial charge in [-0.1, -0.05) is 12.1 Å². The first-order chi connectivity index (χ1) is 11.1. The Hall–Kier alpha value is -3.20. The van der Waals surface area contributed by atoms with Crippen LogP contribution in [0.2, 0.25) is 0 Å². The lowest BCUT2D eigenvalue weighted by Gasteiger charge is -2.08. The van der Waals surface area contributed by atoms with E-state index in [1.54, 1.807) is 6.07 Å². The Bertz CT molecular complexity index is 616. The van der Waals surface area contributed by atoms with Gasteiger partial charge in [-0.3, -0.25) is 0 Å². The summed E-state index contributed by atoms with van der Waals surface area (Å²) in [6.07, 6.45) is 0.339. The number of ether oxygens (including phenoxy) is 1. The van der Waals surface area contributed by atoms with Crippen LogP contribution < -0.4 is 0 Å². The number of carbonyl (C=O) groups excluding carboxylic acids is 1. The molecule has 0 fully saturated rings. The van der Waals surface area contributed by atoms with Crippen molar-refractivity contribution in [3.05, 3.63) is 47.5 Å². The van der Waals surface area contributed by atoms with Crippen LogP contribution in [0.1, 0.15) is 27.6 Å². The first kappa shape index (κ1) is 20.8. The van der Waals surface area contributed by atoms with Crippen molar-refractivity contribution in [2.45, 2.75) is 13.0 Å². The van der Waals surface area contributed by atoms with Gasteiger partial charge >= 0.3 is 23.9 Å². The molecule has 0 spiro atoms. The number of aromatic carboxylic acids is 1. The highest BCUT2D eigenvalue weighted by atomic mass is 16.5. The number of carboxylic acid groups (broad SMARTS) is 3. The van der Waals surface area contributed by atoms with Crippen LogP contribution >= 0.6 is 0 Å². The molecule has 0 saturated heterocycles. The van der Waals surface area contributed by atoms with Crippen LogP contribution in [0.4, 0.5) is 0 Å². The quantitative estimate of drug-likeness (QED) is 0.430. The number of aliphatic hydroxyl groups is 1. The summed E-state index contributed by atoms with van der Waals surface area (Å²) < 4.78 is 4.73. The molecule has 0 aliphatic rings. The monoisotopic (exact) mass is 340 g/mol. The Morgan fingerprint density at radius 3 is 1.83 bits per heavy atom. The molecular formula is C15H16O9. The second-order valence-corrected chi connectivity index (χ2v) is 4.31. The lowest BCUT2D eigenvalue weighted by Crippen LogP contribution is -2.17. The molecular weight excluding hydrogens is 324 g/mol. The molecule has 0 bridgehead atoms. The fourth-order valence-corrected chi connectivity index (χ4v) is 1.26. The summed E-state index contributed by atoms with van der Waals surface area (Å²) in [6.45, 7) is 1.31. The predicted octanol–water partition coefficient (Wildman–Crippen LogP) is 0.634. The molecule has 0 amide bonds. The summed E-state index contributed by atoms with van der Waals surface area (Å²) in [5.41, 5.74) is -0.131. The third-order valence-electron chi connectivity index (χ3n) is 2.20. The Morgan fingerprint density at radius 2 is 1.46 bits per heavy atom. The minimum absolute atomic E-state index is 0.0179. The van der Waals surface area contributed by atoms with Crippen molar-refractivity contribution < 1.29 is 44.3 Å². The van der Waals surface area contributed by atoms with Gasteiger partial charge in [0.25, 0.3) is 0 Å². The molecule has 1 rings (SSSR count). The minimum atomic E-state index is -1.26. The number of aliphatic hydroxyl groups excluding tert-OH is 1. The predicted molar refractivity (Wildman–Crippen MR) is 79.8 cm³/mol. The number of rotatable bonds is 6. The summed E-state index contributed by atoms with van der Waals surface area (Å²) >= 11 is 0.